The molecule has 1 aromatic carbocycles. The Labute approximate surface area is 86.6 Å². The molecule has 0 aliphatic heterocycles. The van der Waals surface area contributed by atoms with Gasteiger partial charge in [-0.05, 0) is 17.2 Å². The molecule has 0 aliphatic carbocycles. The van der Waals surface area contributed by atoms with Crippen LogP contribution in [0.25, 0.3) is 16.5 Å². The van der Waals surface area contributed by atoms with Crippen molar-refractivity contribution in [1.82, 2.24) is 0 Å². The Kier molecular flexibility index (Phi) is 3.94. The summed E-state index contributed by atoms with van der Waals surface area (Å²) in [6, 6.07) is 6.94. The molecule has 5 nitrogen and oxygen atoms in total. The van der Waals surface area contributed by atoms with Crippen molar-refractivity contribution in [2.75, 3.05) is 7.11 Å². The number of benzene rings is 1. The summed E-state index contributed by atoms with van der Waals surface area (Å²) in [5.41, 5.74) is 9.45. The predicted octanol–water partition coefficient (Wildman–Crippen LogP) is 2.81. The summed E-state index contributed by atoms with van der Waals surface area (Å²) in [6.45, 7) is 0. The van der Waals surface area contributed by atoms with Crippen LogP contribution in [0.5, 0.6) is 0 Å². The van der Waals surface area contributed by atoms with Gasteiger partial charge < -0.3 is 4.74 Å². The van der Waals surface area contributed by atoms with Gasteiger partial charge in [0.15, 0.2) is 0 Å². The van der Waals surface area contributed by atoms with Crippen LogP contribution in [0.15, 0.2) is 35.5 Å². The van der Waals surface area contributed by atoms with Gasteiger partial charge in [0.05, 0.1) is 7.11 Å². The lowest BCUT2D eigenvalue weighted by Crippen LogP contribution is -1.93. The van der Waals surface area contributed by atoms with Gasteiger partial charge in [-0.3, -0.25) is 0 Å². The molecule has 0 saturated heterocycles. The quantitative estimate of drug-likeness (QED) is 0.249. The first-order valence-electron chi connectivity index (χ1n) is 4.18. The molecule has 0 spiro atoms. The molecule has 0 heterocycles. The van der Waals surface area contributed by atoms with Gasteiger partial charge in [-0.1, -0.05) is 29.4 Å². The Morgan fingerprint density at radius 3 is 2.93 bits per heavy atom. The van der Waals surface area contributed by atoms with E-state index in [4.69, 9.17) is 5.53 Å². The van der Waals surface area contributed by atoms with Gasteiger partial charge in [0.2, 0.25) is 0 Å². The van der Waals surface area contributed by atoms with E-state index >= 15 is 0 Å². The van der Waals surface area contributed by atoms with Gasteiger partial charge in [0.25, 0.3) is 0 Å². The summed E-state index contributed by atoms with van der Waals surface area (Å²) in [7, 11) is 1.30. The van der Waals surface area contributed by atoms with Crippen molar-refractivity contribution in [1.29, 1.82) is 0 Å². The smallest absolute Gasteiger partial charge is 0.330 e. The van der Waals surface area contributed by atoms with Crippen LogP contribution in [0.3, 0.4) is 0 Å². The summed E-state index contributed by atoms with van der Waals surface area (Å²) in [5.74, 6) is -0.453. The number of esters is 1. The Morgan fingerprint density at radius 2 is 2.27 bits per heavy atom. The van der Waals surface area contributed by atoms with Crippen molar-refractivity contribution in [3.8, 4) is 0 Å². The van der Waals surface area contributed by atoms with E-state index in [-0.39, 0.29) is 0 Å². The van der Waals surface area contributed by atoms with Crippen LogP contribution in [-0.4, -0.2) is 13.1 Å². The molecule has 0 unspecified atom stereocenters. The molecule has 5 heteroatoms. The standard InChI is InChI=1S/C10H9N3O2/c1-15-10(14)7-6-8-4-2-3-5-9(8)12-13-11/h2-7H,1H3/b7-6-. The molecule has 0 amide bonds. The molecule has 76 valence electrons. The number of carbonyl (C=O) groups is 1. The summed E-state index contributed by atoms with van der Waals surface area (Å²) in [5, 5.41) is 3.49. The van der Waals surface area contributed by atoms with Crippen LogP contribution in [0.4, 0.5) is 5.69 Å². The molecule has 0 fully saturated rings. The Balaban J connectivity index is 2.98. The lowest BCUT2D eigenvalue weighted by Gasteiger charge is -1.97. The first-order chi connectivity index (χ1) is 7.27. The summed E-state index contributed by atoms with van der Waals surface area (Å²) in [4.78, 5) is 13.5. The molecule has 15 heavy (non-hydrogen) atoms. The van der Waals surface area contributed by atoms with Gasteiger partial charge >= 0.3 is 5.97 Å². The van der Waals surface area contributed by atoms with Crippen LogP contribution < -0.4 is 0 Å². The molecule has 0 aromatic heterocycles. The highest BCUT2D eigenvalue weighted by atomic mass is 16.5. The number of nitrogens with zero attached hydrogens (tertiary/aromatic N) is 3. The minimum Gasteiger partial charge on any atom is -0.466 e. The minimum atomic E-state index is -0.453. The number of carbonyl (C=O) groups excluding carboxylic acids is 1. The van der Waals surface area contributed by atoms with Crippen LogP contribution in [0, 0.1) is 0 Å². The van der Waals surface area contributed by atoms with Crippen molar-refractivity contribution < 1.29 is 9.53 Å². The number of ether oxygens (including phenoxy) is 1. The molecule has 0 saturated carbocycles. The fourth-order valence-electron chi connectivity index (χ4n) is 0.994. The number of hydrogen-bond acceptors (Lipinski definition) is 3. The Bertz CT molecular complexity index is 434. The van der Waals surface area contributed by atoms with Crippen molar-refractivity contribution >= 4 is 17.7 Å². The number of rotatable bonds is 3. The van der Waals surface area contributed by atoms with Crippen LogP contribution in [0.1, 0.15) is 5.56 Å². The molecular weight excluding hydrogens is 194 g/mol. The third kappa shape index (κ3) is 3.17. The zero-order valence-electron chi connectivity index (χ0n) is 8.12. The van der Waals surface area contributed by atoms with Crippen molar-refractivity contribution in [3.05, 3.63) is 46.3 Å². The van der Waals surface area contributed by atoms with Gasteiger partial charge in [-0.15, -0.1) is 0 Å². The third-order valence-corrected chi connectivity index (χ3v) is 1.69. The minimum absolute atomic E-state index is 0.453. The summed E-state index contributed by atoms with van der Waals surface area (Å²) in [6.07, 6.45) is 2.81. The van der Waals surface area contributed by atoms with Crippen LogP contribution >= 0.6 is 0 Å². The van der Waals surface area contributed by atoms with Crippen molar-refractivity contribution in [3.63, 3.8) is 0 Å². The fraction of sp³-hybridized carbons (Fsp3) is 0.100. The highest BCUT2D eigenvalue weighted by Gasteiger charge is 1.96. The van der Waals surface area contributed by atoms with E-state index in [1.54, 1.807) is 24.3 Å². The summed E-state index contributed by atoms with van der Waals surface area (Å²) < 4.78 is 4.44. The van der Waals surface area contributed by atoms with Gasteiger partial charge in [0.1, 0.15) is 0 Å². The SMILES string of the molecule is COC(=O)/C=C\c1ccccc1N=[N+]=[N-]. The van der Waals surface area contributed by atoms with E-state index in [0.717, 1.165) is 0 Å². The maximum atomic E-state index is 10.8. The van der Waals surface area contributed by atoms with E-state index in [1.165, 1.54) is 19.3 Å². The maximum Gasteiger partial charge on any atom is 0.330 e. The van der Waals surface area contributed by atoms with E-state index < -0.39 is 5.97 Å². The average molecular weight is 203 g/mol. The highest BCUT2D eigenvalue weighted by Crippen LogP contribution is 2.19. The molecule has 0 atom stereocenters. The normalized spacial score (nSPS) is 9.67. The molecular formula is C10H9N3O2. The number of azide groups is 1. The topological polar surface area (TPSA) is 75.1 Å². The second kappa shape index (κ2) is 5.47. The van der Waals surface area contributed by atoms with E-state index in [9.17, 15) is 4.79 Å². The second-order valence-corrected chi connectivity index (χ2v) is 2.60. The zero-order valence-corrected chi connectivity index (χ0v) is 8.12. The van der Waals surface area contributed by atoms with E-state index in [1.807, 2.05) is 0 Å². The molecule has 1 aromatic rings. The number of hydrogen-bond donors (Lipinski definition) is 0. The van der Waals surface area contributed by atoms with E-state index in [2.05, 4.69) is 14.8 Å². The molecule has 0 radical (unpaired) electrons. The third-order valence-electron chi connectivity index (χ3n) is 1.69. The Morgan fingerprint density at radius 1 is 1.53 bits per heavy atom. The first kappa shape index (κ1) is 10.8. The monoisotopic (exact) mass is 203 g/mol. The largest absolute Gasteiger partial charge is 0.466 e. The molecule has 0 N–H and O–H groups in total. The van der Waals surface area contributed by atoms with Gasteiger partial charge in [-0.2, -0.15) is 0 Å². The summed E-state index contributed by atoms with van der Waals surface area (Å²) >= 11 is 0. The lowest BCUT2D eigenvalue weighted by atomic mass is 10.1. The average Bonchev–Trinajstić information content (AvgIpc) is 2.28. The molecule has 0 bridgehead atoms. The van der Waals surface area contributed by atoms with Gasteiger partial charge in [0, 0.05) is 16.7 Å². The maximum absolute atomic E-state index is 10.8. The lowest BCUT2D eigenvalue weighted by molar-refractivity contribution is -0.134. The number of methoxy groups -OCH3 is 1. The second-order valence-electron chi connectivity index (χ2n) is 2.60. The first-order valence-corrected chi connectivity index (χ1v) is 4.18. The van der Waals surface area contributed by atoms with Crippen LogP contribution in [-0.2, 0) is 9.53 Å². The Hall–Kier alpha value is -2.26. The van der Waals surface area contributed by atoms with Crippen molar-refractivity contribution in [2.45, 2.75) is 0 Å². The van der Waals surface area contributed by atoms with E-state index in [0.29, 0.717) is 11.3 Å². The molecule has 1 rings (SSSR count). The fourth-order valence-corrected chi connectivity index (χ4v) is 0.994. The highest BCUT2D eigenvalue weighted by molar-refractivity contribution is 5.88. The van der Waals surface area contributed by atoms with Gasteiger partial charge in [-0.25, -0.2) is 4.79 Å². The van der Waals surface area contributed by atoms with Crippen molar-refractivity contribution in [2.24, 2.45) is 5.11 Å². The van der Waals surface area contributed by atoms with Crippen LogP contribution in [0.2, 0.25) is 0 Å². The predicted molar refractivity (Wildman–Crippen MR) is 56.3 cm³/mol. The molecule has 0 aliphatic rings. The zero-order chi connectivity index (χ0) is 11.1.